The lowest BCUT2D eigenvalue weighted by Gasteiger charge is -2.26. The normalized spacial score (nSPS) is 15.8. The van der Waals surface area contributed by atoms with Gasteiger partial charge in [-0.3, -0.25) is 9.88 Å². The number of hydrogen-bond donors (Lipinski definition) is 4. The average Bonchev–Trinajstić information content (AvgIpc) is 3.44. The Morgan fingerprint density at radius 2 is 2.05 bits per heavy atom. The van der Waals surface area contributed by atoms with Gasteiger partial charge in [0.15, 0.2) is 5.65 Å². The molecule has 0 unspecified atom stereocenters. The number of aromatic nitrogens is 6. The number of fused-ring (bicyclic) bond motifs is 1. The predicted octanol–water partition coefficient (Wildman–Crippen LogP) is 0.312. The van der Waals surface area contributed by atoms with Crippen LogP contribution >= 0.6 is 0 Å². The van der Waals surface area contributed by atoms with E-state index >= 15 is 0 Å². The van der Waals surface area contributed by atoms with E-state index in [0.717, 1.165) is 24.1 Å². The maximum atomic E-state index is 12.9. The maximum Gasteiger partial charge on any atom is 0.408 e. The molecule has 1 aliphatic rings. The van der Waals surface area contributed by atoms with Gasteiger partial charge in [0.25, 0.3) is 5.62 Å². The summed E-state index contributed by atoms with van der Waals surface area (Å²) in [6.07, 6.45) is -1.90. The summed E-state index contributed by atoms with van der Waals surface area (Å²) in [5, 5.41) is 17.2. The Morgan fingerprint density at radius 1 is 1.23 bits per heavy atom. The third-order valence-corrected chi connectivity index (χ3v) is 5.68. The minimum atomic E-state index is -4.56. The molecule has 1 fully saturated rings. The van der Waals surface area contributed by atoms with Gasteiger partial charge in [-0.25, -0.2) is 9.79 Å². The van der Waals surface area contributed by atoms with Gasteiger partial charge < -0.3 is 24.9 Å². The monoisotopic (exact) mass is 547 g/mol. The largest absolute Gasteiger partial charge is 0.493 e. The highest BCUT2D eigenvalue weighted by molar-refractivity contribution is 5.60. The Morgan fingerprint density at radius 3 is 2.79 bits per heavy atom. The molecule has 4 N–H and O–H groups in total. The number of H-pyrrole nitrogens is 2. The lowest BCUT2D eigenvalue weighted by molar-refractivity contribution is -0.118. The molecule has 4 heterocycles. The fourth-order valence-corrected chi connectivity index (χ4v) is 3.86. The van der Waals surface area contributed by atoms with Gasteiger partial charge in [-0.2, -0.15) is 32.8 Å². The number of hydrogen-bond acceptors (Lipinski definition) is 10. The van der Waals surface area contributed by atoms with E-state index in [9.17, 15) is 23.1 Å². The van der Waals surface area contributed by atoms with Gasteiger partial charge in [-0.05, 0) is 18.2 Å². The molecule has 0 spiro atoms. The van der Waals surface area contributed by atoms with Crippen LogP contribution in [0.4, 0.5) is 24.8 Å². The molecular formula is C23H24F3N9O4. The Balaban J connectivity index is 1.44. The Kier molecular flexibility index (Phi) is 7.47. The van der Waals surface area contributed by atoms with Crippen LogP contribution in [0.1, 0.15) is 5.69 Å². The molecule has 5 rings (SSSR count). The van der Waals surface area contributed by atoms with Crippen LogP contribution in [0, 0.1) is 0 Å². The molecule has 1 saturated heterocycles. The van der Waals surface area contributed by atoms with Crippen molar-refractivity contribution in [2.24, 2.45) is 4.99 Å². The summed E-state index contributed by atoms with van der Waals surface area (Å²) in [6.45, 7) is 2.82. The highest BCUT2D eigenvalue weighted by Crippen LogP contribution is 2.20. The number of aromatic amines is 2. The minimum Gasteiger partial charge on any atom is -0.493 e. The smallest absolute Gasteiger partial charge is 0.408 e. The second kappa shape index (κ2) is 11.1. The van der Waals surface area contributed by atoms with E-state index < -0.39 is 24.3 Å². The van der Waals surface area contributed by atoms with Gasteiger partial charge >= 0.3 is 11.9 Å². The zero-order valence-corrected chi connectivity index (χ0v) is 20.4. The molecule has 16 heteroatoms. The highest BCUT2D eigenvalue weighted by atomic mass is 19.4. The fourth-order valence-electron chi connectivity index (χ4n) is 3.86. The van der Waals surface area contributed by atoms with Crippen molar-refractivity contribution < 1.29 is 27.8 Å². The van der Waals surface area contributed by atoms with Crippen LogP contribution < -0.4 is 26.6 Å². The van der Waals surface area contributed by atoms with Crippen LogP contribution in [-0.2, 0) is 4.74 Å². The van der Waals surface area contributed by atoms with E-state index in [2.05, 4.69) is 40.2 Å². The number of halogens is 3. The average molecular weight is 547 g/mol. The van der Waals surface area contributed by atoms with Gasteiger partial charge in [0, 0.05) is 36.6 Å². The van der Waals surface area contributed by atoms with E-state index in [1.54, 1.807) is 24.3 Å². The number of nitrogens with one attached hydrogen (secondary N) is 3. The summed E-state index contributed by atoms with van der Waals surface area (Å²) < 4.78 is 51.0. The van der Waals surface area contributed by atoms with Crippen LogP contribution in [0.5, 0.6) is 11.6 Å². The maximum absolute atomic E-state index is 12.9. The zero-order chi connectivity index (χ0) is 27.4. The van der Waals surface area contributed by atoms with Crippen molar-refractivity contribution in [3.63, 3.8) is 0 Å². The second-order valence-corrected chi connectivity index (χ2v) is 8.55. The first-order valence-electron chi connectivity index (χ1n) is 11.9. The van der Waals surface area contributed by atoms with Crippen molar-refractivity contribution in [2.45, 2.75) is 6.18 Å². The van der Waals surface area contributed by atoms with Crippen LogP contribution in [0.3, 0.4) is 0 Å². The first kappa shape index (κ1) is 26.2. The van der Waals surface area contributed by atoms with Crippen molar-refractivity contribution >= 4 is 23.4 Å². The second-order valence-electron chi connectivity index (χ2n) is 8.55. The summed E-state index contributed by atoms with van der Waals surface area (Å²) in [6, 6.07) is 6.97. The number of imidazole rings is 1. The molecule has 0 saturated carbocycles. The molecule has 1 aromatic carbocycles. The van der Waals surface area contributed by atoms with E-state index in [0.29, 0.717) is 31.3 Å². The number of nitrogens with zero attached hydrogens (tertiary/aromatic N) is 6. The molecule has 39 heavy (non-hydrogen) atoms. The highest BCUT2D eigenvalue weighted by Gasteiger charge is 2.26. The standard InChI is InChI=1S/C23H24F3N9O4/c24-23(25,26)13-27-21-33-20(31-18-14(12-28-35(18)21)10-17-19(36)32-22(37)30-17)29-15-2-1-3-16(11-15)39-9-6-34-4-7-38-8-5-34/h1-3,10-12,36H,4-9,13H2,(H,27,29,33)(H2,30,32,37). The summed E-state index contributed by atoms with van der Waals surface area (Å²) in [4.78, 5) is 30.4. The molecule has 0 atom stereocenters. The number of morpholine rings is 1. The van der Waals surface area contributed by atoms with Gasteiger partial charge in [0.2, 0.25) is 11.8 Å². The number of anilines is 2. The predicted molar refractivity (Wildman–Crippen MR) is 132 cm³/mol. The Labute approximate surface area is 217 Å². The fraction of sp³-hybridized carbons (Fsp3) is 0.348. The molecule has 3 aromatic heterocycles. The summed E-state index contributed by atoms with van der Waals surface area (Å²) in [5.74, 6) is 0.122. The Bertz CT molecular complexity index is 1620. The van der Waals surface area contributed by atoms with Gasteiger partial charge in [-0.15, -0.1) is 0 Å². The number of ether oxygens (including phenoxy) is 2. The number of alkyl halides is 3. The van der Waals surface area contributed by atoms with Crippen molar-refractivity contribution in [2.75, 3.05) is 51.3 Å². The molecule has 0 bridgehead atoms. The lowest BCUT2D eigenvalue weighted by Crippen LogP contribution is -2.38. The molecular weight excluding hydrogens is 523 g/mol. The third-order valence-electron chi connectivity index (χ3n) is 5.68. The van der Waals surface area contributed by atoms with E-state index in [4.69, 9.17) is 9.47 Å². The third kappa shape index (κ3) is 6.71. The van der Waals surface area contributed by atoms with Crippen LogP contribution in [0.2, 0.25) is 0 Å². The first-order chi connectivity index (χ1) is 18.7. The SMILES string of the molecule is O=c1[nH]c(O)c(C=c2cnn3c(=NCC(F)(F)F)nc(Nc4cccc(OCCN5CCOCC5)c4)nc23)[nH]1. The van der Waals surface area contributed by atoms with Crippen molar-refractivity contribution in [3.8, 4) is 11.6 Å². The van der Waals surface area contributed by atoms with Crippen molar-refractivity contribution in [3.05, 3.63) is 57.5 Å². The summed E-state index contributed by atoms with van der Waals surface area (Å²) >= 11 is 0. The van der Waals surface area contributed by atoms with Gasteiger partial charge in [0.05, 0.1) is 19.4 Å². The lowest BCUT2D eigenvalue weighted by atomic mass is 10.3. The molecule has 4 aromatic rings. The summed E-state index contributed by atoms with van der Waals surface area (Å²) in [7, 11) is 0. The van der Waals surface area contributed by atoms with Crippen LogP contribution in [0.15, 0.2) is 40.2 Å². The van der Waals surface area contributed by atoms with Gasteiger partial charge in [0.1, 0.15) is 24.6 Å². The van der Waals surface area contributed by atoms with E-state index in [1.807, 2.05) is 0 Å². The quantitative estimate of drug-likeness (QED) is 0.244. The van der Waals surface area contributed by atoms with E-state index in [1.165, 1.54) is 12.3 Å². The van der Waals surface area contributed by atoms with Crippen molar-refractivity contribution in [1.29, 1.82) is 0 Å². The topological polar surface area (TPSA) is 158 Å². The zero-order valence-electron chi connectivity index (χ0n) is 20.4. The number of aromatic hydroxyl groups is 1. The first-order valence-corrected chi connectivity index (χ1v) is 11.9. The summed E-state index contributed by atoms with van der Waals surface area (Å²) in [5.41, 5.74) is -0.321. The van der Waals surface area contributed by atoms with E-state index in [-0.39, 0.29) is 28.1 Å². The van der Waals surface area contributed by atoms with Crippen molar-refractivity contribution in [1.82, 2.24) is 34.4 Å². The molecule has 0 radical (unpaired) electrons. The molecule has 1 aliphatic heterocycles. The number of benzene rings is 1. The molecule has 13 nitrogen and oxygen atoms in total. The molecule has 0 aliphatic carbocycles. The van der Waals surface area contributed by atoms with Crippen LogP contribution in [-0.4, -0.2) is 91.7 Å². The Hall–Kier alpha value is -4.44. The minimum absolute atomic E-state index is 0.0405. The van der Waals surface area contributed by atoms with Crippen LogP contribution in [0.25, 0.3) is 11.7 Å². The molecule has 0 amide bonds. The van der Waals surface area contributed by atoms with Gasteiger partial charge in [-0.1, -0.05) is 6.07 Å². The molecule has 206 valence electrons. The number of rotatable bonds is 8.